The number of nitrogens with two attached hydrogens (primary N) is 1. The minimum absolute atomic E-state index is 0.0217. The number of hydrogen-bond acceptors (Lipinski definition) is 11. The van der Waals surface area contributed by atoms with Gasteiger partial charge in [0.15, 0.2) is 0 Å². The van der Waals surface area contributed by atoms with E-state index >= 15 is 0 Å². The Labute approximate surface area is 476 Å². The van der Waals surface area contributed by atoms with Crippen LogP contribution in [0.1, 0.15) is 136 Å². The maximum absolute atomic E-state index is 13.7. The predicted molar refractivity (Wildman–Crippen MR) is 311 cm³/mol. The molecule has 8 saturated carbocycles. The number of esters is 2. The van der Waals surface area contributed by atoms with Gasteiger partial charge < -0.3 is 46.1 Å². The van der Waals surface area contributed by atoms with E-state index in [9.17, 15) is 44.7 Å². The van der Waals surface area contributed by atoms with Gasteiger partial charge in [-0.3, -0.25) is 9.59 Å². The van der Waals surface area contributed by atoms with Crippen LogP contribution in [-0.4, -0.2) is 93.0 Å². The zero-order chi connectivity index (χ0) is 57.2. The Balaban J connectivity index is 0.794. The highest BCUT2D eigenvalue weighted by Gasteiger charge is 2.67. The topological polar surface area (TPSA) is 226 Å². The summed E-state index contributed by atoms with van der Waals surface area (Å²) in [5, 5.41) is 65.1. The second-order valence-corrected chi connectivity index (χ2v) is 27.6. The van der Waals surface area contributed by atoms with E-state index in [1.54, 1.807) is 0 Å². The molecule has 432 valence electrons. The lowest BCUT2D eigenvalue weighted by atomic mass is 9.41. The van der Waals surface area contributed by atoms with Crippen molar-refractivity contribution in [2.75, 3.05) is 18.4 Å². The number of aliphatic hydroxyl groups excluding tert-OH is 3. The van der Waals surface area contributed by atoms with E-state index in [1.807, 2.05) is 72.8 Å². The third-order valence-corrected chi connectivity index (χ3v) is 24.0. The lowest BCUT2D eigenvalue weighted by Crippen LogP contribution is -2.61. The molecule has 8 N–H and O–H groups in total. The number of aliphatic carboxylic acids is 2. The van der Waals surface area contributed by atoms with Gasteiger partial charge in [0, 0.05) is 37.9 Å². The van der Waals surface area contributed by atoms with Gasteiger partial charge in [0.1, 0.15) is 12.2 Å². The van der Waals surface area contributed by atoms with Crippen molar-refractivity contribution in [1.82, 2.24) is 0 Å². The van der Waals surface area contributed by atoms with Crippen molar-refractivity contribution in [1.29, 1.82) is 0 Å². The van der Waals surface area contributed by atoms with Crippen LogP contribution in [0.2, 0.25) is 0 Å². The summed E-state index contributed by atoms with van der Waals surface area (Å²) in [6, 6.07) is 25.4. The first-order chi connectivity index (χ1) is 38.6. The molecule has 2 unspecified atom stereocenters. The minimum atomic E-state index is -1.08. The molecule has 12 rings (SSSR count). The summed E-state index contributed by atoms with van der Waals surface area (Å²) in [7, 11) is 0. The Bertz CT molecular complexity index is 3260. The zero-order valence-electron chi connectivity index (χ0n) is 48.0. The molecular weight excluding hydrogens is 1020 g/mol. The zero-order valence-corrected chi connectivity index (χ0v) is 48.0. The van der Waals surface area contributed by atoms with Crippen LogP contribution in [0.3, 0.4) is 0 Å². The number of rotatable bonds is 10. The molecule has 0 saturated heterocycles. The summed E-state index contributed by atoms with van der Waals surface area (Å²) >= 11 is 0. The standard InChI is InChI=1S/C68H84N2O11/c1-35(71)80-56-31-67(5)49-19-17-46-44(33-69)53(73)23-25-65(46,3)48(49)20-21-50(67)60(56)58(63(76)77)42-14-12-40-29-43(16-15-39(40)28-42)70-34-45-47-18-22-51-62(66(47,4)26-24-54(45)74)55(75)30-52-61(57(81-36(2)72)32-68(51,52)6)59(64(78)79)41-13-11-37-9-7-8-10-38(37)27-41/h7-16,27-29,44-57,62,70,73-75H,17-26,30-34,69H2,1-6H3,(H,76,77)(H,78,79)/b60-58-,61-59-/t44-,45-,46-,47-,48+,49?,50-,51?,52-,53+,54+,55+,56-,57-,62-,65-,66-,67+,68+/m0/s1. The number of benzene rings is 4. The highest BCUT2D eigenvalue weighted by atomic mass is 16.5. The van der Waals surface area contributed by atoms with Crippen molar-refractivity contribution in [3.8, 4) is 0 Å². The maximum atomic E-state index is 13.7. The Morgan fingerprint density at radius 1 is 0.543 bits per heavy atom. The summed E-state index contributed by atoms with van der Waals surface area (Å²) in [5.41, 5.74) is 8.99. The summed E-state index contributed by atoms with van der Waals surface area (Å²) < 4.78 is 12.2. The molecule has 81 heavy (non-hydrogen) atoms. The Morgan fingerprint density at radius 2 is 1.02 bits per heavy atom. The Hall–Kier alpha value is -5.60. The molecule has 4 aromatic rings. The Morgan fingerprint density at radius 3 is 1.64 bits per heavy atom. The predicted octanol–water partition coefficient (Wildman–Crippen LogP) is 11.1. The highest BCUT2D eigenvalue weighted by Crippen LogP contribution is 2.72. The van der Waals surface area contributed by atoms with Gasteiger partial charge in [-0.1, -0.05) is 82.3 Å². The number of ether oxygens (including phenoxy) is 2. The molecule has 13 nitrogen and oxygen atoms in total. The largest absolute Gasteiger partial charge is 0.478 e. The van der Waals surface area contributed by atoms with E-state index in [0.717, 1.165) is 90.6 Å². The molecule has 8 aliphatic carbocycles. The van der Waals surface area contributed by atoms with Crippen molar-refractivity contribution in [3.63, 3.8) is 0 Å². The van der Waals surface area contributed by atoms with Crippen LogP contribution in [0.4, 0.5) is 5.69 Å². The lowest BCUT2D eigenvalue weighted by molar-refractivity contribution is -0.191. The fraction of sp³-hybridized carbons (Fsp3) is 0.588. The maximum Gasteiger partial charge on any atom is 0.336 e. The second-order valence-electron chi connectivity index (χ2n) is 27.6. The van der Waals surface area contributed by atoms with Gasteiger partial charge in [0.25, 0.3) is 0 Å². The molecule has 19 atom stereocenters. The van der Waals surface area contributed by atoms with Crippen LogP contribution in [0.5, 0.6) is 0 Å². The average molecular weight is 1110 g/mol. The monoisotopic (exact) mass is 1100 g/mol. The normalized spacial score (nSPS) is 40.8. The summed E-state index contributed by atoms with van der Waals surface area (Å²) in [5.74, 6) is -2.36. The minimum Gasteiger partial charge on any atom is -0.478 e. The number of fused-ring (bicyclic) bond motifs is 12. The number of anilines is 1. The number of hydrogen-bond donors (Lipinski definition) is 7. The van der Waals surface area contributed by atoms with Gasteiger partial charge in [-0.05, 0) is 227 Å². The first-order valence-electron chi connectivity index (χ1n) is 30.4. The van der Waals surface area contributed by atoms with Crippen molar-refractivity contribution in [2.24, 2.45) is 86.6 Å². The van der Waals surface area contributed by atoms with Crippen LogP contribution in [0.15, 0.2) is 90.0 Å². The van der Waals surface area contributed by atoms with E-state index in [0.29, 0.717) is 73.2 Å². The molecule has 0 heterocycles. The highest BCUT2D eigenvalue weighted by molar-refractivity contribution is 6.18. The van der Waals surface area contributed by atoms with Crippen LogP contribution in [-0.2, 0) is 28.7 Å². The molecule has 8 fully saturated rings. The van der Waals surface area contributed by atoms with Crippen LogP contribution in [0.25, 0.3) is 32.7 Å². The van der Waals surface area contributed by atoms with Crippen molar-refractivity contribution in [3.05, 3.63) is 101 Å². The van der Waals surface area contributed by atoms with Crippen molar-refractivity contribution in [2.45, 2.75) is 156 Å². The molecular formula is C68H84N2O11. The molecule has 0 aliphatic heterocycles. The molecule has 8 aliphatic rings. The molecule has 0 radical (unpaired) electrons. The van der Waals surface area contributed by atoms with Crippen molar-refractivity contribution < 1.29 is 54.2 Å². The number of carbonyl (C=O) groups excluding carboxylic acids is 2. The molecule has 4 aromatic carbocycles. The average Bonchev–Trinajstić information content (AvgIpc) is 3.94. The quantitative estimate of drug-likeness (QED) is 0.0580. The third kappa shape index (κ3) is 8.98. The van der Waals surface area contributed by atoms with E-state index < -0.39 is 53.7 Å². The number of carboxylic acid groups (broad SMARTS) is 2. The van der Waals surface area contributed by atoms with Crippen molar-refractivity contribution >= 4 is 62.3 Å². The fourth-order valence-electron chi connectivity index (χ4n) is 20.7. The van der Waals surface area contributed by atoms with E-state index in [-0.39, 0.29) is 74.9 Å². The molecule has 0 bridgehead atoms. The van der Waals surface area contributed by atoms with Crippen LogP contribution in [0, 0.1) is 80.8 Å². The van der Waals surface area contributed by atoms with Gasteiger partial charge in [-0.2, -0.15) is 0 Å². The van der Waals surface area contributed by atoms with E-state index in [2.05, 4.69) is 39.1 Å². The SMILES string of the molecule is CC(=O)O[C@H]1C[C@]2(C)C3CC[C@H]4[C@H](CN)[C@H](O)CC[C@]4(C)[C@@H]3CC[C@H]2/C1=C(/C(=O)O)c1ccc2cc(NC[C@@H]3[C@H](O)CC[C@@]4(C)[C@H]3CCC3[C@H]4[C@H](O)C[C@H]4/C(=C(/C(=O)O)c5ccc6ccccc6c5)[C@@H](OC(C)=O)C[C@]34C)ccc2c1. The van der Waals surface area contributed by atoms with E-state index in [4.69, 9.17) is 15.2 Å². The molecule has 0 aromatic heterocycles. The first-order valence-corrected chi connectivity index (χ1v) is 30.4. The second kappa shape index (κ2) is 20.6. The Kier molecular flexibility index (Phi) is 14.2. The van der Waals surface area contributed by atoms with Crippen LogP contribution < -0.4 is 11.1 Å². The lowest BCUT2D eigenvalue weighted by Gasteiger charge is -2.64. The number of carboxylic acids is 2. The fourth-order valence-corrected chi connectivity index (χ4v) is 20.7. The number of carbonyl (C=O) groups is 4. The van der Waals surface area contributed by atoms with Gasteiger partial charge in [-0.15, -0.1) is 0 Å². The number of nitrogens with one attached hydrogen (secondary N) is 1. The smallest absolute Gasteiger partial charge is 0.336 e. The first kappa shape index (κ1) is 55.9. The number of aliphatic hydroxyl groups is 3. The summed E-state index contributed by atoms with van der Waals surface area (Å²) in [6.45, 7) is 13.0. The molecule has 13 heteroatoms. The summed E-state index contributed by atoms with van der Waals surface area (Å²) in [4.78, 5) is 52.9. The van der Waals surface area contributed by atoms with Gasteiger partial charge in [-0.25, -0.2) is 9.59 Å². The molecule has 0 amide bonds. The van der Waals surface area contributed by atoms with Gasteiger partial charge in [0.2, 0.25) is 0 Å². The summed E-state index contributed by atoms with van der Waals surface area (Å²) in [6.07, 6.45) is 6.68. The van der Waals surface area contributed by atoms with E-state index in [1.165, 1.54) is 13.8 Å². The third-order valence-electron chi connectivity index (χ3n) is 24.0. The molecule has 0 spiro atoms. The van der Waals surface area contributed by atoms with Gasteiger partial charge in [0.05, 0.1) is 29.5 Å². The van der Waals surface area contributed by atoms with Crippen LogP contribution >= 0.6 is 0 Å². The van der Waals surface area contributed by atoms with Gasteiger partial charge >= 0.3 is 23.9 Å².